The molecule has 0 fully saturated rings. The Bertz CT molecular complexity index is 228. The number of rotatable bonds is 2. The topological polar surface area (TPSA) is 32.3 Å². The van der Waals surface area contributed by atoms with E-state index in [4.69, 9.17) is 5.21 Å². The standard InChI is InChI=1S/C8H10FNO.C2H6.H2/c1-6(10-11)7-2-4-8(9)5-3-7;1-2;/h2-6,10-11H,1H3;1-2H3;1H. The first-order valence-electron chi connectivity index (χ1n) is 4.39. The van der Waals surface area contributed by atoms with Crippen molar-refractivity contribution in [3.8, 4) is 0 Å². The van der Waals surface area contributed by atoms with Gasteiger partial charge in [0.1, 0.15) is 5.82 Å². The highest BCUT2D eigenvalue weighted by Gasteiger charge is 2.01. The van der Waals surface area contributed by atoms with Gasteiger partial charge in [0.25, 0.3) is 0 Å². The molecule has 0 saturated carbocycles. The molecule has 0 aromatic heterocycles. The van der Waals surface area contributed by atoms with Crippen LogP contribution in [0.3, 0.4) is 0 Å². The van der Waals surface area contributed by atoms with Crippen molar-refractivity contribution in [2.24, 2.45) is 0 Å². The summed E-state index contributed by atoms with van der Waals surface area (Å²) >= 11 is 0. The summed E-state index contributed by atoms with van der Waals surface area (Å²) in [5, 5.41) is 8.51. The highest BCUT2D eigenvalue weighted by atomic mass is 19.1. The van der Waals surface area contributed by atoms with Crippen LogP contribution < -0.4 is 5.48 Å². The Labute approximate surface area is 79.8 Å². The average molecular weight is 187 g/mol. The third-order valence-corrected chi connectivity index (χ3v) is 1.56. The Kier molecular flexibility index (Phi) is 6.10. The molecule has 1 rings (SSSR count). The molecule has 13 heavy (non-hydrogen) atoms. The number of hydroxylamine groups is 1. The lowest BCUT2D eigenvalue weighted by Crippen LogP contribution is -2.12. The molecule has 0 aliphatic rings. The van der Waals surface area contributed by atoms with E-state index < -0.39 is 0 Å². The molecular weight excluding hydrogens is 169 g/mol. The second-order valence-corrected chi connectivity index (χ2v) is 2.40. The Hall–Kier alpha value is -0.930. The molecule has 1 unspecified atom stereocenters. The summed E-state index contributed by atoms with van der Waals surface area (Å²) in [6, 6.07) is 5.83. The van der Waals surface area contributed by atoms with E-state index >= 15 is 0 Å². The van der Waals surface area contributed by atoms with Crippen LogP contribution in [0.2, 0.25) is 0 Å². The summed E-state index contributed by atoms with van der Waals surface area (Å²) in [5.74, 6) is -0.265. The van der Waals surface area contributed by atoms with E-state index in [9.17, 15) is 4.39 Å². The van der Waals surface area contributed by atoms with Crippen LogP contribution in [0, 0.1) is 5.82 Å². The fourth-order valence-electron chi connectivity index (χ4n) is 0.826. The van der Waals surface area contributed by atoms with Crippen LogP contribution in [-0.4, -0.2) is 5.21 Å². The van der Waals surface area contributed by atoms with Gasteiger partial charge >= 0.3 is 0 Å². The number of hydrogen-bond donors (Lipinski definition) is 2. The van der Waals surface area contributed by atoms with Gasteiger partial charge in [-0.1, -0.05) is 26.0 Å². The van der Waals surface area contributed by atoms with Crippen LogP contribution in [0.5, 0.6) is 0 Å². The summed E-state index contributed by atoms with van der Waals surface area (Å²) in [5.41, 5.74) is 2.93. The van der Waals surface area contributed by atoms with Crippen LogP contribution in [0.4, 0.5) is 4.39 Å². The van der Waals surface area contributed by atoms with E-state index in [2.05, 4.69) is 5.48 Å². The number of hydrogen-bond acceptors (Lipinski definition) is 2. The van der Waals surface area contributed by atoms with E-state index in [1.165, 1.54) is 12.1 Å². The Morgan fingerprint density at radius 3 is 2.15 bits per heavy atom. The molecule has 2 nitrogen and oxygen atoms in total. The Balaban J connectivity index is 0. The van der Waals surface area contributed by atoms with Gasteiger partial charge in [-0.15, -0.1) is 0 Å². The highest BCUT2D eigenvalue weighted by molar-refractivity contribution is 5.18. The molecule has 0 radical (unpaired) electrons. The zero-order chi connectivity index (χ0) is 10.3. The molecule has 0 aliphatic carbocycles. The van der Waals surface area contributed by atoms with Gasteiger partial charge in [0.2, 0.25) is 0 Å². The van der Waals surface area contributed by atoms with Crippen molar-refractivity contribution >= 4 is 0 Å². The van der Waals surface area contributed by atoms with Crippen molar-refractivity contribution in [3.63, 3.8) is 0 Å². The number of nitrogens with one attached hydrogen (secondary N) is 1. The molecular formula is C10H18FNO. The number of halogens is 1. The second kappa shape index (κ2) is 6.57. The van der Waals surface area contributed by atoms with Crippen LogP contribution in [-0.2, 0) is 0 Å². The summed E-state index contributed by atoms with van der Waals surface area (Å²) in [6.45, 7) is 5.78. The average Bonchev–Trinajstić information content (AvgIpc) is 2.21. The monoisotopic (exact) mass is 187 g/mol. The quantitative estimate of drug-likeness (QED) is 0.697. The third kappa shape index (κ3) is 4.01. The SMILES string of the molecule is CC.CC(NO)c1ccc(F)cc1.[HH]. The zero-order valence-electron chi connectivity index (χ0n) is 8.21. The maximum atomic E-state index is 12.4. The number of benzene rings is 1. The summed E-state index contributed by atoms with van der Waals surface area (Å²) in [4.78, 5) is 0. The van der Waals surface area contributed by atoms with Gasteiger partial charge in [-0.25, -0.2) is 4.39 Å². The van der Waals surface area contributed by atoms with E-state index in [1.54, 1.807) is 19.1 Å². The molecule has 1 aromatic carbocycles. The molecule has 3 heteroatoms. The van der Waals surface area contributed by atoms with Gasteiger partial charge in [-0.05, 0) is 24.6 Å². The van der Waals surface area contributed by atoms with E-state index in [0.29, 0.717) is 0 Å². The minimum absolute atomic E-state index is 0. The molecule has 0 spiro atoms. The van der Waals surface area contributed by atoms with Gasteiger partial charge in [-0.3, -0.25) is 0 Å². The van der Waals surface area contributed by atoms with E-state index in [0.717, 1.165) is 5.56 Å². The van der Waals surface area contributed by atoms with Gasteiger partial charge in [0.05, 0.1) is 6.04 Å². The lowest BCUT2D eigenvalue weighted by molar-refractivity contribution is 0.133. The van der Waals surface area contributed by atoms with Gasteiger partial charge in [0, 0.05) is 1.43 Å². The molecule has 0 heterocycles. The second-order valence-electron chi connectivity index (χ2n) is 2.40. The summed E-state index contributed by atoms with van der Waals surface area (Å²) in [7, 11) is 0. The fourth-order valence-corrected chi connectivity index (χ4v) is 0.826. The molecule has 0 aliphatic heterocycles. The molecule has 2 N–H and O–H groups in total. The molecule has 0 amide bonds. The highest BCUT2D eigenvalue weighted by Crippen LogP contribution is 2.11. The predicted octanol–water partition coefficient (Wildman–Crippen LogP) is 3.14. The maximum absolute atomic E-state index is 12.4. The van der Waals surface area contributed by atoms with Gasteiger partial charge < -0.3 is 5.21 Å². The van der Waals surface area contributed by atoms with E-state index in [-0.39, 0.29) is 13.3 Å². The summed E-state index contributed by atoms with van der Waals surface area (Å²) in [6.07, 6.45) is 0. The van der Waals surface area contributed by atoms with Crippen molar-refractivity contribution in [3.05, 3.63) is 35.6 Å². The van der Waals surface area contributed by atoms with Crippen LogP contribution >= 0.6 is 0 Å². The molecule has 76 valence electrons. The van der Waals surface area contributed by atoms with Gasteiger partial charge in [0.15, 0.2) is 0 Å². The minimum atomic E-state index is -0.265. The van der Waals surface area contributed by atoms with E-state index in [1.807, 2.05) is 13.8 Å². The largest absolute Gasteiger partial charge is 0.316 e. The first-order chi connectivity index (χ1) is 6.24. The van der Waals surface area contributed by atoms with Crippen LogP contribution in [0.15, 0.2) is 24.3 Å². The van der Waals surface area contributed by atoms with Crippen molar-refractivity contribution < 1.29 is 11.0 Å². The third-order valence-electron chi connectivity index (χ3n) is 1.56. The normalized spacial score (nSPS) is 11.5. The smallest absolute Gasteiger partial charge is 0.123 e. The zero-order valence-corrected chi connectivity index (χ0v) is 8.21. The molecule has 1 aromatic rings. The summed E-state index contributed by atoms with van der Waals surface area (Å²) < 4.78 is 12.4. The molecule has 0 saturated heterocycles. The first kappa shape index (κ1) is 12.1. The molecule has 1 atom stereocenters. The van der Waals surface area contributed by atoms with Crippen molar-refractivity contribution in [2.75, 3.05) is 0 Å². The molecule has 0 bridgehead atoms. The van der Waals surface area contributed by atoms with Crippen molar-refractivity contribution in [2.45, 2.75) is 26.8 Å². The van der Waals surface area contributed by atoms with Crippen LogP contribution in [0.1, 0.15) is 33.8 Å². The van der Waals surface area contributed by atoms with Crippen molar-refractivity contribution in [1.29, 1.82) is 0 Å². The van der Waals surface area contributed by atoms with Crippen molar-refractivity contribution in [1.82, 2.24) is 5.48 Å². The first-order valence-corrected chi connectivity index (χ1v) is 4.39. The fraction of sp³-hybridized carbons (Fsp3) is 0.400. The Morgan fingerprint density at radius 1 is 1.31 bits per heavy atom. The minimum Gasteiger partial charge on any atom is -0.316 e. The van der Waals surface area contributed by atoms with Crippen LogP contribution in [0.25, 0.3) is 0 Å². The lowest BCUT2D eigenvalue weighted by Gasteiger charge is -2.07. The predicted molar refractivity (Wildman–Crippen MR) is 53.2 cm³/mol. The Morgan fingerprint density at radius 2 is 1.77 bits per heavy atom. The van der Waals surface area contributed by atoms with Gasteiger partial charge in [-0.2, -0.15) is 5.48 Å². The lowest BCUT2D eigenvalue weighted by atomic mass is 10.1. The maximum Gasteiger partial charge on any atom is 0.123 e.